The van der Waals surface area contributed by atoms with Crippen LogP contribution in [-0.4, -0.2) is 74.1 Å². The normalized spacial score (nSPS) is 40.0. The highest BCUT2D eigenvalue weighted by Gasteiger charge is 2.50. The predicted molar refractivity (Wildman–Crippen MR) is 76.7 cm³/mol. The number of β-amino-alcohol motifs (C(OH)–C–C–N with tert-alkyl or cyclic N) is 1. The summed E-state index contributed by atoms with van der Waals surface area (Å²) < 4.78 is 5.24. The number of aromatic nitrogens is 1. The van der Waals surface area contributed by atoms with Crippen LogP contribution in [0.3, 0.4) is 0 Å². The number of rotatable bonds is 3. The lowest BCUT2D eigenvalue weighted by atomic mass is 9.96. The molecular formula is C15H22N2O5. The van der Waals surface area contributed by atoms with Gasteiger partial charge in [-0.25, -0.2) is 0 Å². The zero-order chi connectivity index (χ0) is 15.7. The fourth-order valence-corrected chi connectivity index (χ4v) is 3.29. The lowest BCUT2D eigenvalue weighted by Gasteiger charge is -2.44. The molecule has 0 unspecified atom stereocenters. The minimum atomic E-state index is -1.89. The van der Waals surface area contributed by atoms with E-state index < -0.39 is 24.1 Å². The molecule has 3 rings (SSSR count). The Labute approximate surface area is 128 Å². The summed E-state index contributed by atoms with van der Waals surface area (Å²) in [7, 11) is 0. The molecule has 1 aromatic rings. The fraction of sp³-hybridized carbons (Fsp3) is 0.667. The average molecular weight is 310 g/mol. The van der Waals surface area contributed by atoms with Crippen molar-refractivity contribution >= 4 is 0 Å². The Hall–Kier alpha value is -1.09. The SMILES string of the molecule is O[C@@H]1[C@H](O)CO[C@](O)(CN2CCC[C@H]2c2cccnc2)[C@H]1O. The van der Waals surface area contributed by atoms with Gasteiger partial charge in [0.15, 0.2) is 0 Å². The molecule has 2 saturated heterocycles. The van der Waals surface area contributed by atoms with Crippen molar-refractivity contribution in [3.05, 3.63) is 30.1 Å². The van der Waals surface area contributed by atoms with Crippen LogP contribution < -0.4 is 0 Å². The van der Waals surface area contributed by atoms with Gasteiger partial charge < -0.3 is 25.2 Å². The first-order valence-corrected chi connectivity index (χ1v) is 7.56. The molecule has 0 aromatic carbocycles. The maximum absolute atomic E-state index is 10.6. The number of aliphatic hydroxyl groups excluding tert-OH is 3. The molecule has 0 bridgehead atoms. The number of hydrogen-bond acceptors (Lipinski definition) is 7. The lowest BCUT2D eigenvalue weighted by molar-refractivity contribution is -0.325. The number of nitrogens with zero attached hydrogens (tertiary/aromatic N) is 2. The minimum Gasteiger partial charge on any atom is -0.388 e. The van der Waals surface area contributed by atoms with Crippen LogP contribution in [0.25, 0.3) is 0 Å². The van der Waals surface area contributed by atoms with Gasteiger partial charge >= 0.3 is 0 Å². The van der Waals surface area contributed by atoms with Crippen molar-refractivity contribution in [3.8, 4) is 0 Å². The van der Waals surface area contributed by atoms with E-state index in [-0.39, 0.29) is 19.2 Å². The summed E-state index contributed by atoms with van der Waals surface area (Å²) in [6.45, 7) is 0.619. The van der Waals surface area contributed by atoms with Gasteiger partial charge in [0.2, 0.25) is 5.79 Å². The first-order chi connectivity index (χ1) is 10.5. The van der Waals surface area contributed by atoms with E-state index in [0.29, 0.717) is 0 Å². The first kappa shape index (κ1) is 15.8. The third-order valence-corrected chi connectivity index (χ3v) is 4.55. The molecule has 122 valence electrons. The van der Waals surface area contributed by atoms with Crippen LogP contribution in [0.5, 0.6) is 0 Å². The molecule has 22 heavy (non-hydrogen) atoms. The van der Waals surface area contributed by atoms with E-state index in [0.717, 1.165) is 24.9 Å². The maximum atomic E-state index is 10.6. The third kappa shape index (κ3) is 2.88. The lowest BCUT2D eigenvalue weighted by Crippen LogP contribution is -2.64. The number of pyridine rings is 1. The predicted octanol–water partition coefficient (Wildman–Crippen LogP) is -0.980. The Balaban J connectivity index is 1.74. The number of ether oxygens (including phenoxy) is 1. The van der Waals surface area contributed by atoms with Crippen molar-refractivity contribution in [2.45, 2.75) is 43.0 Å². The summed E-state index contributed by atoms with van der Waals surface area (Å²) in [6, 6.07) is 3.95. The van der Waals surface area contributed by atoms with Gasteiger partial charge in [-0.15, -0.1) is 0 Å². The Morgan fingerprint density at radius 3 is 2.91 bits per heavy atom. The van der Waals surface area contributed by atoms with Crippen molar-refractivity contribution in [2.24, 2.45) is 0 Å². The van der Waals surface area contributed by atoms with Gasteiger partial charge in [0, 0.05) is 18.4 Å². The van der Waals surface area contributed by atoms with Crippen molar-refractivity contribution in [1.29, 1.82) is 0 Å². The van der Waals surface area contributed by atoms with E-state index >= 15 is 0 Å². The van der Waals surface area contributed by atoms with E-state index in [1.165, 1.54) is 0 Å². The van der Waals surface area contributed by atoms with Crippen LogP contribution >= 0.6 is 0 Å². The number of aliphatic hydroxyl groups is 4. The van der Waals surface area contributed by atoms with E-state index in [2.05, 4.69) is 4.98 Å². The summed E-state index contributed by atoms with van der Waals surface area (Å²) in [6.07, 6.45) is 1.25. The summed E-state index contributed by atoms with van der Waals surface area (Å²) in [5.41, 5.74) is 1.05. The Morgan fingerprint density at radius 1 is 1.36 bits per heavy atom. The summed E-state index contributed by atoms with van der Waals surface area (Å²) >= 11 is 0. The van der Waals surface area contributed by atoms with Crippen LogP contribution in [0.1, 0.15) is 24.4 Å². The quantitative estimate of drug-likeness (QED) is 0.568. The fourth-order valence-electron chi connectivity index (χ4n) is 3.29. The number of hydrogen-bond donors (Lipinski definition) is 4. The third-order valence-electron chi connectivity index (χ3n) is 4.55. The molecule has 0 spiro atoms. The second-order valence-electron chi connectivity index (χ2n) is 6.07. The number of likely N-dealkylation sites (tertiary alicyclic amines) is 1. The molecule has 7 nitrogen and oxygen atoms in total. The van der Waals surface area contributed by atoms with Crippen LogP contribution in [-0.2, 0) is 4.74 Å². The topological polar surface area (TPSA) is 106 Å². The molecule has 2 aliphatic rings. The molecular weight excluding hydrogens is 288 g/mol. The van der Waals surface area contributed by atoms with Crippen molar-refractivity contribution in [2.75, 3.05) is 19.7 Å². The largest absolute Gasteiger partial charge is 0.388 e. The van der Waals surface area contributed by atoms with Crippen LogP contribution in [0.4, 0.5) is 0 Å². The molecule has 7 heteroatoms. The van der Waals surface area contributed by atoms with E-state index in [9.17, 15) is 20.4 Å². The minimum absolute atomic E-state index is 0.0670. The molecule has 3 heterocycles. The van der Waals surface area contributed by atoms with Gasteiger partial charge in [-0.05, 0) is 31.0 Å². The first-order valence-electron chi connectivity index (χ1n) is 7.56. The Morgan fingerprint density at radius 2 is 2.18 bits per heavy atom. The van der Waals surface area contributed by atoms with Gasteiger partial charge in [-0.1, -0.05) is 6.07 Å². The summed E-state index contributed by atoms with van der Waals surface area (Å²) in [5.74, 6) is -1.89. The van der Waals surface area contributed by atoms with E-state index in [1.54, 1.807) is 12.4 Å². The second-order valence-corrected chi connectivity index (χ2v) is 6.07. The maximum Gasteiger partial charge on any atom is 0.207 e. The monoisotopic (exact) mass is 310 g/mol. The molecule has 0 radical (unpaired) electrons. The Bertz CT molecular complexity index is 502. The van der Waals surface area contributed by atoms with Gasteiger partial charge in [-0.2, -0.15) is 0 Å². The summed E-state index contributed by atoms with van der Waals surface area (Å²) in [4.78, 5) is 6.14. The van der Waals surface area contributed by atoms with E-state index in [4.69, 9.17) is 4.74 Å². The summed E-state index contributed by atoms with van der Waals surface area (Å²) in [5, 5.41) is 39.9. The molecule has 5 atom stereocenters. The van der Waals surface area contributed by atoms with Crippen molar-refractivity contribution in [3.63, 3.8) is 0 Å². The molecule has 2 fully saturated rings. The van der Waals surface area contributed by atoms with Crippen LogP contribution in [0.15, 0.2) is 24.5 Å². The van der Waals surface area contributed by atoms with Gasteiger partial charge in [0.25, 0.3) is 0 Å². The highest BCUT2D eigenvalue weighted by Crippen LogP contribution is 2.34. The van der Waals surface area contributed by atoms with Gasteiger partial charge in [-0.3, -0.25) is 9.88 Å². The van der Waals surface area contributed by atoms with Crippen LogP contribution in [0.2, 0.25) is 0 Å². The highest BCUT2D eigenvalue weighted by molar-refractivity contribution is 5.15. The zero-order valence-electron chi connectivity index (χ0n) is 12.2. The molecule has 0 amide bonds. The molecule has 2 aliphatic heterocycles. The molecule has 0 saturated carbocycles. The standard InChI is InChI=1S/C15H22N2O5/c18-12-8-22-15(21,14(20)13(12)19)9-17-6-2-4-11(17)10-3-1-5-16-7-10/h1,3,5,7,11-14,18-21H,2,4,6,8-9H2/t11-,12+,13+,14-,15+/m0/s1. The zero-order valence-corrected chi connectivity index (χ0v) is 12.2. The van der Waals surface area contributed by atoms with Crippen molar-refractivity contribution < 1.29 is 25.2 Å². The molecule has 4 N–H and O–H groups in total. The second kappa shape index (κ2) is 6.19. The Kier molecular flexibility index (Phi) is 4.44. The smallest absolute Gasteiger partial charge is 0.207 e. The van der Waals surface area contributed by atoms with Crippen LogP contribution in [0, 0.1) is 0 Å². The molecule has 0 aliphatic carbocycles. The average Bonchev–Trinajstić information content (AvgIpc) is 2.98. The highest BCUT2D eigenvalue weighted by atomic mass is 16.6. The molecule has 1 aromatic heterocycles. The van der Waals surface area contributed by atoms with Gasteiger partial charge in [0.1, 0.15) is 18.3 Å². The van der Waals surface area contributed by atoms with Crippen molar-refractivity contribution in [1.82, 2.24) is 9.88 Å². The van der Waals surface area contributed by atoms with E-state index in [1.807, 2.05) is 17.0 Å². The van der Waals surface area contributed by atoms with Gasteiger partial charge in [0.05, 0.1) is 13.2 Å².